The van der Waals surface area contributed by atoms with E-state index in [0.717, 1.165) is 49.2 Å². The normalized spacial score (nSPS) is 14.7. The summed E-state index contributed by atoms with van der Waals surface area (Å²) >= 11 is 0.851. The van der Waals surface area contributed by atoms with E-state index >= 15 is 0 Å². The summed E-state index contributed by atoms with van der Waals surface area (Å²) in [6, 6.07) is 13.4. The van der Waals surface area contributed by atoms with Gasteiger partial charge in [-0.25, -0.2) is 0 Å². The van der Waals surface area contributed by atoms with Crippen LogP contribution < -0.4 is 26.0 Å². The third-order valence-electron chi connectivity index (χ3n) is 7.04. The zero-order chi connectivity index (χ0) is 29.7. The van der Waals surface area contributed by atoms with Crippen molar-refractivity contribution in [2.45, 2.75) is 77.4 Å². The molecule has 1 aliphatic carbocycles. The molecule has 0 spiro atoms. The smallest absolute Gasteiger partial charge is 0.273 e. The molecule has 1 aromatic heterocycles. The van der Waals surface area contributed by atoms with Gasteiger partial charge in [0.15, 0.2) is 5.69 Å². The summed E-state index contributed by atoms with van der Waals surface area (Å²) < 4.78 is 9.92. The first-order valence-electron chi connectivity index (χ1n) is 13.9. The lowest BCUT2D eigenvalue weighted by molar-refractivity contribution is -0.123. The van der Waals surface area contributed by atoms with Crippen LogP contribution in [0.3, 0.4) is 0 Å². The van der Waals surface area contributed by atoms with E-state index in [0.29, 0.717) is 17.0 Å². The van der Waals surface area contributed by atoms with Gasteiger partial charge in [-0.15, -0.1) is 0 Å². The van der Waals surface area contributed by atoms with Crippen molar-refractivity contribution in [2.24, 2.45) is 0 Å². The number of amides is 3. The van der Waals surface area contributed by atoms with Crippen LogP contribution in [-0.4, -0.2) is 40.8 Å². The number of aromatic nitrogens is 1. The molecule has 1 heterocycles. The molecule has 4 rings (SSSR count). The number of nitrogens with two attached hydrogens (primary N) is 1. The van der Waals surface area contributed by atoms with Crippen LogP contribution in [0.5, 0.6) is 5.75 Å². The van der Waals surface area contributed by atoms with E-state index in [4.69, 9.17) is 10.5 Å². The number of nitrogens with one attached hydrogen (secondary N) is 2. The van der Waals surface area contributed by atoms with Gasteiger partial charge in [0.2, 0.25) is 5.91 Å². The molecule has 0 radical (unpaired) electrons. The zero-order valence-electron chi connectivity index (χ0n) is 24.3. The topological polar surface area (TPSA) is 127 Å². The summed E-state index contributed by atoms with van der Waals surface area (Å²) in [6.45, 7) is 7.59. The number of nitrogens with zero attached hydrogens (tertiary/aromatic N) is 2. The third-order valence-corrected chi connectivity index (χ3v) is 7.89. The molecule has 1 aliphatic rings. The maximum Gasteiger partial charge on any atom is 0.273 e. The monoisotopic (exact) mass is 577 g/mol. The lowest BCUT2D eigenvalue weighted by Gasteiger charge is -2.34. The zero-order valence-corrected chi connectivity index (χ0v) is 25.1. The molecule has 0 aliphatic heterocycles. The van der Waals surface area contributed by atoms with Crippen molar-refractivity contribution in [3.05, 3.63) is 70.2 Å². The van der Waals surface area contributed by atoms with E-state index in [1.54, 1.807) is 24.3 Å². The van der Waals surface area contributed by atoms with Gasteiger partial charge in [-0.05, 0) is 69.8 Å². The van der Waals surface area contributed by atoms with Crippen molar-refractivity contribution < 1.29 is 19.1 Å². The minimum atomic E-state index is -1.07. The van der Waals surface area contributed by atoms with Crippen LogP contribution in [0.4, 0.5) is 11.4 Å². The largest absolute Gasteiger partial charge is 0.495 e. The standard InChI is InChI=1S/C31H39N5O4S/c1-19-15-17-20(18-16-19)26(29(38)34-31(2,3)4)36(22-13-9-10-14-23(22)40-5)30(39)27-24(32)25(35-41-27)28(37)33-21-11-7-6-8-12-21/h9-10,13-18,21,26H,6-8,11-12,32H2,1-5H3,(H,33,37)(H,34,38). The van der Waals surface area contributed by atoms with Crippen molar-refractivity contribution in [1.29, 1.82) is 0 Å². The molecule has 1 fully saturated rings. The lowest BCUT2D eigenvalue weighted by Crippen LogP contribution is -2.49. The quantitative estimate of drug-likeness (QED) is 0.329. The molecule has 1 unspecified atom stereocenters. The summed E-state index contributed by atoms with van der Waals surface area (Å²) in [7, 11) is 1.51. The summed E-state index contributed by atoms with van der Waals surface area (Å²) in [5.41, 5.74) is 7.90. The van der Waals surface area contributed by atoms with E-state index in [2.05, 4.69) is 15.0 Å². The Morgan fingerprint density at radius 1 is 1.05 bits per heavy atom. The molecular weight excluding hydrogens is 538 g/mol. The first-order valence-corrected chi connectivity index (χ1v) is 14.7. The maximum atomic E-state index is 14.5. The highest BCUT2D eigenvalue weighted by molar-refractivity contribution is 7.09. The van der Waals surface area contributed by atoms with Crippen molar-refractivity contribution in [3.8, 4) is 5.75 Å². The molecule has 1 saturated carbocycles. The third kappa shape index (κ3) is 7.05. The molecule has 0 saturated heterocycles. The molecule has 3 aromatic rings. The van der Waals surface area contributed by atoms with Gasteiger partial charge in [-0.3, -0.25) is 19.3 Å². The van der Waals surface area contributed by atoms with Crippen molar-refractivity contribution >= 4 is 40.6 Å². The summed E-state index contributed by atoms with van der Waals surface area (Å²) in [5, 5.41) is 6.05. The van der Waals surface area contributed by atoms with Crippen molar-refractivity contribution in [2.75, 3.05) is 17.7 Å². The van der Waals surface area contributed by atoms with Gasteiger partial charge in [0.25, 0.3) is 11.8 Å². The summed E-state index contributed by atoms with van der Waals surface area (Å²) in [5.74, 6) is -0.927. The number of para-hydroxylation sites is 2. The second-order valence-electron chi connectivity index (χ2n) is 11.5. The molecule has 41 heavy (non-hydrogen) atoms. The second kappa shape index (κ2) is 12.7. The number of rotatable bonds is 8. The minimum absolute atomic E-state index is 0.00732. The first kappa shape index (κ1) is 30.0. The number of hydrogen-bond acceptors (Lipinski definition) is 7. The fourth-order valence-corrected chi connectivity index (χ4v) is 5.76. The molecule has 9 nitrogen and oxygen atoms in total. The number of aryl methyl sites for hydroxylation is 1. The number of carbonyl (C=O) groups excluding carboxylic acids is 3. The highest BCUT2D eigenvalue weighted by Crippen LogP contribution is 2.38. The number of ether oxygens (including phenoxy) is 1. The molecule has 3 amide bonds. The van der Waals surface area contributed by atoms with Crippen LogP contribution in [0.1, 0.15) is 90.2 Å². The van der Waals surface area contributed by atoms with Crippen molar-refractivity contribution in [1.82, 2.24) is 15.0 Å². The lowest BCUT2D eigenvalue weighted by atomic mass is 9.95. The van der Waals surface area contributed by atoms with Gasteiger partial charge in [0.1, 0.15) is 16.7 Å². The number of carbonyl (C=O) groups is 3. The number of methoxy groups -OCH3 is 1. The molecule has 4 N–H and O–H groups in total. The fourth-order valence-electron chi connectivity index (χ4n) is 5.02. The molecule has 218 valence electrons. The number of anilines is 2. The average Bonchev–Trinajstić information content (AvgIpc) is 3.33. The number of hydrogen-bond donors (Lipinski definition) is 3. The van der Waals surface area contributed by atoms with Gasteiger partial charge in [-0.2, -0.15) is 4.37 Å². The minimum Gasteiger partial charge on any atom is -0.495 e. The Morgan fingerprint density at radius 2 is 1.71 bits per heavy atom. The van der Waals surface area contributed by atoms with Crippen LogP contribution in [0, 0.1) is 6.92 Å². The van der Waals surface area contributed by atoms with Gasteiger partial charge in [0.05, 0.1) is 18.5 Å². The Morgan fingerprint density at radius 3 is 2.34 bits per heavy atom. The van der Waals surface area contributed by atoms with Crippen LogP contribution in [-0.2, 0) is 4.79 Å². The van der Waals surface area contributed by atoms with Gasteiger partial charge >= 0.3 is 0 Å². The summed E-state index contributed by atoms with van der Waals surface area (Å²) in [6.07, 6.45) is 5.10. The van der Waals surface area contributed by atoms with Crippen LogP contribution in [0.15, 0.2) is 48.5 Å². The Bertz CT molecular complexity index is 1390. The maximum absolute atomic E-state index is 14.5. The average molecular weight is 578 g/mol. The van der Waals surface area contributed by atoms with Crippen molar-refractivity contribution in [3.63, 3.8) is 0 Å². The predicted octanol–water partition coefficient (Wildman–Crippen LogP) is 5.41. The predicted molar refractivity (Wildman–Crippen MR) is 162 cm³/mol. The van der Waals surface area contributed by atoms with E-state index < -0.39 is 23.4 Å². The Kier molecular flexibility index (Phi) is 9.32. The molecule has 1 atom stereocenters. The second-order valence-corrected chi connectivity index (χ2v) is 12.3. The highest BCUT2D eigenvalue weighted by atomic mass is 32.1. The van der Waals surface area contributed by atoms with Gasteiger partial charge in [-0.1, -0.05) is 61.2 Å². The van der Waals surface area contributed by atoms with Gasteiger partial charge < -0.3 is 21.1 Å². The van der Waals surface area contributed by atoms with E-state index in [9.17, 15) is 14.4 Å². The molecule has 10 heteroatoms. The number of nitrogen functional groups attached to an aromatic ring is 1. The van der Waals surface area contributed by atoms with Gasteiger partial charge in [0, 0.05) is 11.6 Å². The van der Waals surface area contributed by atoms with Crippen LogP contribution in [0.2, 0.25) is 0 Å². The summed E-state index contributed by atoms with van der Waals surface area (Å²) in [4.78, 5) is 43.0. The Balaban J connectivity index is 1.81. The first-order chi connectivity index (χ1) is 19.5. The van der Waals surface area contributed by atoms with E-state index in [1.807, 2.05) is 52.0 Å². The highest BCUT2D eigenvalue weighted by Gasteiger charge is 2.38. The van der Waals surface area contributed by atoms with E-state index in [1.165, 1.54) is 12.0 Å². The Labute approximate surface area is 245 Å². The Hall–Kier alpha value is -3.92. The van der Waals surface area contributed by atoms with E-state index in [-0.39, 0.29) is 28.2 Å². The molecular formula is C31H39N5O4S. The SMILES string of the molecule is COc1ccccc1N(C(=O)c1snc(C(=O)NC2CCCCC2)c1N)C(C(=O)NC(C)(C)C)c1ccc(C)cc1. The van der Waals surface area contributed by atoms with Crippen LogP contribution >= 0.6 is 11.5 Å². The fraction of sp³-hybridized carbons (Fsp3) is 0.419. The molecule has 2 aromatic carbocycles. The number of benzene rings is 2. The molecule has 0 bridgehead atoms. The van der Waals surface area contributed by atoms with Crippen LogP contribution in [0.25, 0.3) is 0 Å².